The summed E-state index contributed by atoms with van der Waals surface area (Å²) in [6, 6.07) is 2.41. The number of ether oxygens (including phenoxy) is 1. The van der Waals surface area contributed by atoms with Crippen LogP contribution < -0.4 is 0 Å². The highest BCUT2D eigenvalue weighted by Crippen LogP contribution is 2.35. The molecule has 0 atom stereocenters. The number of rotatable bonds is 6. The van der Waals surface area contributed by atoms with E-state index in [0.29, 0.717) is 12.0 Å². The molecule has 3 fully saturated rings. The summed E-state index contributed by atoms with van der Waals surface area (Å²) in [5.74, 6) is 2.32. The van der Waals surface area contributed by atoms with Crippen LogP contribution in [0.2, 0.25) is 0 Å². The highest BCUT2D eigenvalue weighted by Gasteiger charge is 2.25. The molecule has 1 saturated heterocycles. The summed E-state index contributed by atoms with van der Waals surface area (Å²) >= 11 is 0. The summed E-state index contributed by atoms with van der Waals surface area (Å²) in [7, 11) is 0. The molecule has 24 heavy (non-hydrogen) atoms. The summed E-state index contributed by atoms with van der Waals surface area (Å²) in [6.07, 6.45) is 16.9. The van der Waals surface area contributed by atoms with Crippen LogP contribution in [0.3, 0.4) is 0 Å². The number of hydrogen-bond donors (Lipinski definition) is 0. The molecule has 0 amide bonds. The van der Waals surface area contributed by atoms with Crippen molar-refractivity contribution < 1.29 is 4.74 Å². The van der Waals surface area contributed by atoms with Crippen molar-refractivity contribution in [1.29, 1.82) is 5.26 Å². The molecule has 2 saturated carbocycles. The topological polar surface area (TPSA) is 36.3 Å². The average Bonchev–Trinajstić information content (AvgIpc) is 2.65. The van der Waals surface area contributed by atoms with Crippen LogP contribution in [0.1, 0.15) is 77.0 Å². The third-order valence-electron chi connectivity index (χ3n) is 6.72. The van der Waals surface area contributed by atoms with Gasteiger partial charge in [-0.05, 0) is 69.9 Å². The van der Waals surface area contributed by atoms with Gasteiger partial charge in [-0.15, -0.1) is 0 Å². The van der Waals surface area contributed by atoms with Crippen LogP contribution in [0, 0.1) is 29.1 Å². The van der Waals surface area contributed by atoms with Gasteiger partial charge in [0.25, 0.3) is 0 Å². The van der Waals surface area contributed by atoms with Crippen LogP contribution in [0.15, 0.2) is 0 Å². The van der Waals surface area contributed by atoms with E-state index in [0.717, 1.165) is 50.9 Å². The first-order valence-electron chi connectivity index (χ1n) is 10.6. The molecule has 3 nitrogen and oxygen atoms in total. The van der Waals surface area contributed by atoms with Crippen molar-refractivity contribution >= 4 is 0 Å². The summed E-state index contributed by atoms with van der Waals surface area (Å²) < 4.78 is 6.17. The zero-order valence-corrected chi connectivity index (χ0v) is 15.4. The molecule has 0 aromatic carbocycles. The Balaban J connectivity index is 1.24. The Morgan fingerprint density at radius 3 is 2.17 bits per heavy atom. The van der Waals surface area contributed by atoms with Gasteiger partial charge < -0.3 is 9.64 Å². The van der Waals surface area contributed by atoms with E-state index in [2.05, 4.69) is 11.0 Å². The monoisotopic (exact) mass is 332 g/mol. The van der Waals surface area contributed by atoms with E-state index in [1.807, 2.05) is 0 Å². The number of hydrogen-bond acceptors (Lipinski definition) is 3. The van der Waals surface area contributed by atoms with Crippen molar-refractivity contribution in [3.63, 3.8) is 0 Å². The highest BCUT2D eigenvalue weighted by molar-refractivity contribution is 4.87. The van der Waals surface area contributed by atoms with Gasteiger partial charge in [0.05, 0.1) is 18.8 Å². The van der Waals surface area contributed by atoms with Gasteiger partial charge in [0.2, 0.25) is 0 Å². The zero-order chi connectivity index (χ0) is 16.6. The fraction of sp³-hybridized carbons (Fsp3) is 0.952. The Labute approximate surface area is 148 Å². The molecule has 0 radical (unpaired) electrons. The Bertz CT molecular complexity index is 383. The third kappa shape index (κ3) is 5.74. The lowest BCUT2D eigenvalue weighted by molar-refractivity contribution is 0.00195. The van der Waals surface area contributed by atoms with Crippen molar-refractivity contribution in [2.45, 2.75) is 83.2 Å². The molecular weight excluding hydrogens is 296 g/mol. The molecule has 0 aromatic rings. The molecule has 0 spiro atoms. The van der Waals surface area contributed by atoms with Crippen LogP contribution in [-0.2, 0) is 4.74 Å². The van der Waals surface area contributed by atoms with Gasteiger partial charge >= 0.3 is 0 Å². The standard InChI is InChI=1S/C21H36N2O/c22-17-20-10-12-23(13-11-20)14-15-24-21-8-6-19(7-9-21)16-18-4-2-1-3-5-18/h18-21H,1-16H2. The van der Waals surface area contributed by atoms with Crippen LogP contribution in [0.5, 0.6) is 0 Å². The molecule has 136 valence electrons. The predicted molar refractivity (Wildman–Crippen MR) is 97.7 cm³/mol. The summed E-state index contributed by atoms with van der Waals surface area (Å²) in [6.45, 7) is 4.10. The maximum absolute atomic E-state index is 8.96. The van der Waals surface area contributed by atoms with E-state index in [9.17, 15) is 0 Å². The largest absolute Gasteiger partial charge is 0.377 e. The number of piperidine rings is 1. The van der Waals surface area contributed by atoms with Crippen molar-refractivity contribution in [2.24, 2.45) is 17.8 Å². The minimum Gasteiger partial charge on any atom is -0.377 e. The van der Waals surface area contributed by atoms with E-state index >= 15 is 0 Å². The Kier molecular flexibility index (Phi) is 7.42. The fourth-order valence-electron chi connectivity index (χ4n) is 5.06. The number of nitriles is 1. The number of likely N-dealkylation sites (tertiary alicyclic amines) is 1. The molecule has 3 aliphatic rings. The smallest absolute Gasteiger partial charge is 0.0656 e. The first kappa shape index (κ1) is 18.2. The van der Waals surface area contributed by atoms with Crippen molar-refractivity contribution in [3.05, 3.63) is 0 Å². The van der Waals surface area contributed by atoms with Crippen LogP contribution in [0.4, 0.5) is 0 Å². The molecule has 0 bridgehead atoms. The minimum atomic E-state index is 0.293. The quantitative estimate of drug-likeness (QED) is 0.703. The molecule has 2 aliphatic carbocycles. The predicted octanol–water partition coefficient (Wildman–Crippen LogP) is 4.77. The first-order valence-corrected chi connectivity index (χ1v) is 10.6. The Morgan fingerprint density at radius 2 is 1.50 bits per heavy atom. The molecule has 0 aromatic heterocycles. The van der Waals surface area contributed by atoms with Crippen LogP contribution >= 0.6 is 0 Å². The van der Waals surface area contributed by atoms with Crippen molar-refractivity contribution in [3.8, 4) is 6.07 Å². The normalized spacial score (nSPS) is 31.0. The second-order valence-corrected chi connectivity index (χ2v) is 8.50. The SMILES string of the molecule is N#CC1CCN(CCOC2CCC(CC3CCCCC3)CC2)CC1. The van der Waals surface area contributed by atoms with E-state index in [4.69, 9.17) is 10.00 Å². The van der Waals surface area contributed by atoms with Crippen LogP contribution in [0.25, 0.3) is 0 Å². The van der Waals surface area contributed by atoms with Crippen molar-refractivity contribution in [1.82, 2.24) is 4.90 Å². The molecule has 0 N–H and O–H groups in total. The first-order chi connectivity index (χ1) is 11.8. The maximum atomic E-state index is 8.96. The van der Waals surface area contributed by atoms with Crippen molar-refractivity contribution in [2.75, 3.05) is 26.2 Å². The lowest BCUT2D eigenvalue weighted by atomic mass is 9.77. The van der Waals surface area contributed by atoms with Gasteiger partial charge in [-0.2, -0.15) is 5.26 Å². The minimum absolute atomic E-state index is 0.293. The Hall–Kier alpha value is -0.590. The molecular formula is C21H36N2O. The van der Waals surface area contributed by atoms with Crippen LogP contribution in [-0.4, -0.2) is 37.2 Å². The second kappa shape index (κ2) is 9.78. The van der Waals surface area contributed by atoms with E-state index < -0.39 is 0 Å². The lowest BCUT2D eigenvalue weighted by Crippen LogP contribution is -2.36. The molecule has 3 heteroatoms. The summed E-state index contributed by atoms with van der Waals surface area (Å²) in [5, 5.41) is 8.96. The van der Waals surface area contributed by atoms with Gasteiger partial charge in [-0.3, -0.25) is 0 Å². The maximum Gasteiger partial charge on any atom is 0.0656 e. The number of nitrogens with zero attached hydrogens (tertiary/aromatic N) is 2. The highest BCUT2D eigenvalue weighted by atomic mass is 16.5. The lowest BCUT2D eigenvalue weighted by Gasteiger charge is -2.33. The fourth-order valence-corrected chi connectivity index (χ4v) is 5.06. The average molecular weight is 333 g/mol. The van der Waals surface area contributed by atoms with E-state index in [-0.39, 0.29) is 0 Å². The van der Waals surface area contributed by atoms with Gasteiger partial charge in [0.1, 0.15) is 0 Å². The summed E-state index contributed by atoms with van der Waals surface area (Å²) in [5.41, 5.74) is 0. The molecule has 1 aliphatic heterocycles. The van der Waals surface area contributed by atoms with E-state index in [1.54, 1.807) is 0 Å². The van der Waals surface area contributed by atoms with Gasteiger partial charge in [0.15, 0.2) is 0 Å². The third-order valence-corrected chi connectivity index (χ3v) is 6.72. The summed E-state index contributed by atoms with van der Waals surface area (Å²) in [4.78, 5) is 2.47. The Morgan fingerprint density at radius 1 is 0.833 bits per heavy atom. The van der Waals surface area contributed by atoms with Gasteiger partial charge in [-0.1, -0.05) is 32.1 Å². The molecule has 3 rings (SSSR count). The second-order valence-electron chi connectivity index (χ2n) is 8.50. The van der Waals surface area contributed by atoms with Gasteiger partial charge in [0, 0.05) is 12.5 Å². The van der Waals surface area contributed by atoms with Gasteiger partial charge in [-0.25, -0.2) is 0 Å². The zero-order valence-electron chi connectivity index (χ0n) is 15.4. The van der Waals surface area contributed by atoms with E-state index in [1.165, 1.54) is 64.2 Å². The molecule has 1 heterocycles. The molecule has 0 unspecified atom stereocenters.